The molecule has 0 amide bonds. The van der Waals surface area contributed by atoms with Crippen molar-refractivity contribution in [3.8, 4) is 28.3 Å². The second-order valence-electron chi connectivity index (χ2n) is 10.9. The number of benzene rings is 6. The first-order valence-electron chi connectivity index (χ1n) is 13.0. The highest BCUT2D eigenvalue weighted by Crippen LogP contribution is 2.51. The molecule has 0 atom stereocenters. The molecule has 1 heterocycles. The second-order valence-corrected chi connectivity index (χ2v) is 10.9. The van der Waals surface area contributed by atoms with Gasteiger partial charge in [0.1, 0.15) is 11.2 Å². The van der Waals surface area contributed by atoms with E-state index < -0.39 is 0 Å². The van der Waals surface area contributed by atoms with E-state index >= 15 is 0 Å². The molecule has 6 aromatic carbocycles. The molecule has 0 unspecified atom stereocenters. The molecule has 7 aromatic rings. The molecule has 0 radical (unpaired) electrons. The second kappa shape index (κ2) is 7.34. The van der Waals surface area contributed by atoms with Gasteiger partial charge in [0.05, 0.1) is 11.6 Å². The molecule has 178 valence electrons. The van der Waals surface area contributed by atoms with E-state index in [0.717, 1.165) is 22.3 Å². The molecule has 0 spiro atoms. The average molecular weight is 486 g/mol. The summed E-state index contributed by atoms with van der Waals surface area (Å²) < 4.78 is 6.68. The molecule has 8 rings (SSSR count). The van der Waals surface area contributed by atoms with E-state index in [2.05, 4.69) is 111 Å². The fourth-order valence-corrected chi connectivity index (χ4v) is 6.58. The first-order valence-corrected chi connectivity index (χ1v) is 13.0. The SMILES string of the molecule is CC1(C)c2cc(C#N)ccc2-c2ccc(-c3cc4ccccc4c4c3oc3ccc5ccccc5c34)cc21. The van der Waals surface area contributed by atoms with E-state index in [9.17, 15) is 5.26 Å². The number of hydrogen-bond acceptors (Lipinski definition) is 2. The van der Waals surface area contributed by atoms with Crippen molar-refractivity contribution in [1.82, 2.24) is 0 Å². The van der Waals surface area contributed by atoms with Crippen molar-refractivity contribution < 1.29 is 4.42 Å². The maximum Gasteiger partial charge on any atom is 0.143 e. The zero-order valence-corrected chi connectivity index (χ0v) is 21.2. The molecule has 0 saturated heterocycles. The van der Waals surface area contributed by atoms with Crippen LogP contribution in [0.2, 0.25) is 0 Å². The van der Waals surface area contributed by atoms with Gasteiger partial charge < -0.3 is 4.42 Å². The molecule has 2 nitrogen and oxygen atoms in total. The summed E-state index contributed by atoms with van der Waals surface area (Å²) in [4.78, 5) is 0. The van der Waals surface area contributed by atoms with Gasteiger partial charge in [0.2, 0.25) is 0 Å². The Morgan fingerprint density at radius 1 is 0.632 bits per heavy atom. The maximum absolute atomic E-state index is 9.50. The molecule has 2 heteroatoms. The minimum Gasteiger partial charge on any atom is -0.455 e. The van der Waals surface area contributed by atoms with Crippen molar-refractivity contribution in [2.45, 2.75) is 19.3 Å². The maximum atomic E-state index is 9.50. The number of hydrogen-bond donors (Lipinski definition) is 0. The molecule has 0 aliphatic heterocycles. The quantitative estimate of drug-likeness (QED) is 0.232. The summed E-state index contributed by atoms with van der Waals surface area (Å²) >= 11 is 0. The van der Waals surface area contributed by atoms with Crippen molar-refractivity contribution in [1.29, 1.82) is 5.26 Å². The van der Waals surface area contributed by atoms with Gasteiger partial charge in [0.25, 0.3) is 0 Å². The van der Waals surface area contributed by atoms with Crippen LogP contribution < -0.4 is 0 Å². The summed E-state index contributed by atoms with van der Waals surface area (Å²) in [6.45, 7) is 4.51. The predicted molar refractivity (Wildman–Crippen MR) is 156 cm³/mol. The normalized spacial score (nSPS) is 13.7. The van der Waals surface area contributed by atoms with Crippen LogP contribution in [0.15, 0.2) is 108 Å². The van der Waals surface area contributed by atoms with Crippen molar-refractivity contribution in [2.75, 3.05) is 0 Å². The molecule has 38 heavy (non-hydrogen) atoms. The molecule has 0 N–H and O–H groups in total. The summed E-state index contributed by atoms with van der Waals surface area (Å²) in [5.41, 5.74) is 9.54. The van der Waals surface area contributed by atoms with Crippen LogP contribution in [0.4, 0.5) is 0 Å². The number of nitrogens with zero attached hydrogens (tertiary/aromatic N) is 1. The first kappa shape index (κ1) is 21.2. The Morgan fingerprint density at radius 3 is 2.11 bits per heavy atom. The van der Waals surface area contributed by atoms with Crippen molar-refractivity contribution >= 4 is 43.5 Å². The highest BCUT2D eigenvalue weighted by Gasteiger charge is 2.36. The smallest absolute Gasteiger partial charge is 0.143 e. The van der Waals surface area contributed by atoms with Gasteiger partial charge in [0.15, 0.2) is 0 Å². The lowest BCUT2D eigenvalue weighted by atomic mass is 9.81. The van der Waals surface area contributed by atoms with Crippen LogP contribution in [-0.4, -0.2) is 0 Å². The largest absolute Gasteiger partial charge is 0.455 e. The molecule has 0 bridgehead atoms. The van der Waals surface area contributed by atoms with E-state index in [-0.39, 0.29) is 5.41 Å². The van der Waals surface area contributed by atoms with Gasteiger partial charge in [0, 0.05) is 21.8 Å². The van der Waals surface area contributed by atoms with Gasteiger partial charge >= 0.3 is 0 Å². The van der Waals surface area contributed by atoms with Crippen LogP contribution in [0.25, 0.3) is 65.7 Å². The van der Waals surface area contributed by atoms with E-state index in [0.29, 0.717) is 5.56 Å². The van der Waals surface area contributed by atoms with Crippen LogP contribution in [0.5, 0.6) is 0 Å². The van der Waals surface area contributed by atoms with Crippen LogP contribution >= 0.6 is 0 Å². The van der Waals surface area contributed by atoms with Gasteiger partial charge in [-0.3, -0.25) is 0 Å². The number of fused-ring (bicyclic) bond motifs is 10. The fraction of sp³-hybridized carbons (Fsp3) is 0.0833. The number of nitriles is 1. The first-order chi connectivity index (χ1) is 18.5. The van der Waals surface area contributed by atoms with Gasteiger partial charge in [-0.2, -0.15) is 5.26 Å². The zero-order valence-electron chi connectivity index (χ0n) is 21.2. The van der Waals surface area contributed by atoms with Crippen molar-refractivity contribution in [3.63, 3.8) is 0 Å². The molecule has 0 fully saturated rings. The van der Waals surface area contributed by atoms with Crippen molar-refractivity contribution in [2.24, 2.45) is 0 Å². The summed E-state index contributed by atoms with van der Waals surface area (Å²) in [5, 5.41) is 16.7. The Balaban J connectivity index is 1.45. The minimum atomic E-state index is -0.201. The zero-order chi connectivity index (χ0) is 25.6. The van der Waals surface area contributed by atoms with Gasteiger partial charge in [-0.05, 0) is 79.7 Å². The van der Waals surface area contributed by atoms with Crippen LogP contribution in [-0.2, 0) is 5.41 Å². The van der Waals surface area contributed by atoms with E-state index in [1.54, 1.807) is 0 Å². The average Bonchev–Trinajstić information content (AvgIpc) is 3.46. The topological polar surface area (TPSA) is 36.9 Å². The molecule has 1 aliphatic carbocycles. The van der Waals surface area contributed by atoms with Gasteiger partial charge in [-0.25, -0.2) is 0 Å². The molecule has 1 aliphatic rings. The minimum absolute atomic E-state index is 0.201. The lowest BCUT2D eigenvalue weighted by Crippen LogP contribution is -2.15. The molecule has 0 saturated carbocycles. The summed E-state index contributed by atoms with van der Waals surface area (Å²) in [6.07, 6.45) is 0. The molecular formula is C36H23NO. The third-order valence-corrected chi connectivity index (χ3v) is 8.47. The number of rotatable bonds is 1. The Morgan fingerprint density at radius 2 is 1.32 bits per heavy atom. The monoisotopic (exact) mass is 485 g/mol. The summed E-state index contributed by atoms with van der Waals surface area (Å²) in [5.74, 6) is 0. The number of furan rings is 1. The standard InChI is InChI=1S/C36H23NO/c1-36(2)30-17-21(20-37)11-14-27(30)28-15-12-24(19-31(28)36)29-18-23-8-4-6-10-26(23)34-33-25-9-5-3-7-22(25)13-16-32(33)38-35(29)34/h3-19H,1-2H3. The van der Waals surface area contributed by atoms with Gasteiger partial charge in [-0.1, -0.05) is 86.6 Å². The highest BCUT2D eigenvalue weighted by atomic mass is 16.3. The van der Waals surface area contributed by atoms with E-state index in [1.165, 1.54) is 54.6 Å². The third kappa shape index (κ3) is 2.71. The Hall–Kier alpha value is -4.87. The molecular weight excluding hydrogens is 462 g/mol. The Labute approximate surface area is 220 Å². The third-order valence-electron chi connectivity index (χ3n) is 8.47. The van der Waals surface area contributed by atoms with E-state index in [1.807, 2.05) is 12.1 Å². The van der Waals surface area contributed by atoms with Crippen LogP contribution in [0, 0.1) is 11.3 Å². The van der Waals surface area contributed by atoms with Gasteiger partial charge in [-0.15, -0.1) is 0 Å². The Bertz CT molecular complexity index is 2170. The van der Waals surface area contributed by atoms with Crippen LogP contribution in [0.1, 0.15) is 30.5 Å². The summed E-state index contributed by atoms with van der Waals surface area (Å²) in [7, 11) is 0. The molecule has 1 aromatic heterocycles. The summed E-state index contributed by atoms with van der Waals surface area (Å²) in [6, 6.07) is 38.8. The fourth-order valence-electron chi connectivity index (χ4n) is 6.58. The highest BCUT2D eigenvalue weighted by molar-refractivity contribution is 6.28. The van der Waals surface area contributed by atoms with E-state index in [4.69, 9.17) is 4.42 Å². The predicted octanol–water partition coefficient (Wildman–Crippen LogP) is 9.74. The lowest BCUT2D eigenvalue weighted by molar-refractivity contribution is 0.660. The van der Waals surface area contributed by atoms with Crippen LogP contribution in [0.3, 0.4) is 0 Å². The lowest BCUT2D eigenvalue weighted by Gasteiger charge is -2.22. The van der Waals surface area contributed by atoms with Crippen molar-refractivity contribution in [3.05, 3.63) is 120 Å². The Kier molecular flexibility index (Phi) is 4.10.